The average Bonchev–Trinajstić information content (AvgIpc) is 2.35. The summed E-state index contributed by atoms with van der Waals surface area (Å²) in [6.45, 7) is 2.19. The number of nitrogens with one attached hydrogen (secondary N) is 1. The summed E-state index contributed by atoms with van der Waals surface area (Å²) in [5.74, 6) is 0.611. The summed E-state index contributed by atoms with van der Waals surface area (Å²) < 4.78 is 0. The Labute approximate surface area is 114 Å². The van der Waals surface area contributed by atoms with Gasteiger partial charge in [-0.25, -0.2) is 4.99 Å². The van der Waals surface area contributed by atoms with Crippen molar-refractivity contribution < 1.29 is 0 Å². The van der Waals surface area contributed by atoms with Gasteiger partial charge in [-0.05, 0) is 30.8 Å². The Bertz CT molecular complexity index is 387. The fourth-order valence-electron chi connectivity index (χ4n) is 1.59. The van der Waals surface area contributed by atoms with Crippen LogP contribution in [0.25, 0.3) is 0 Å². The molecule has 98 valence electrons. The summed E-state index contributed by atoms with van der Waals surface area (Å²) in [4.78, 5) is 4.18. The molecule has 3 nitrogen and oxygen atoms in total. The van der Waals surface area contributed by atoms with Crippen molar-refractivity contribution in [2.24, 2.45) is 10.7 Å². The predicted octanol–water partition coefficient (Wildman–Crippen LogP) is 3.71. The maximum absolute atomic E-state index is 5.83. The van der Waals surface area contributed by atoms with Gasteiger partial charge in [-0.15, -0.1) is 0 Å². The lowest BCUT2D eigenvalue weighted by Gasteiger charge is -2.05. The van der Waals surface area contributed by atoms with Crippen LogP contribution in [0.3, 0.4) is 0 Å². The van der Waals surface area contributed by atoms with E-state index in [1.54, 1.807) is 0 Å². The Balaban J connectivity index is 2.33. The van der Waals surface area contributed by atoms with E-state index >= 15 is 0 Å². The van der Waals surface area contributed by atoms with Gasteiger partial charge in [0.25, 0.3) is 0 Å². The van der Waals surface area contributed by atoms with Crippen molar-refractivity contribution in [3.63, 3.8) is 0 Å². The number of nitrogens with two attached hydrogens (primary N) is 1. The van der Waals surface area contributed by atoms with Crippen molar-refractivity contribution in [1.82, 2.24) is 0 Å². The molecule has 0 heterocycles. The number of hydrogen-bond donors (Lipinski definition) is 2. The molecule has 0 unspecified atom stereocenters. The number of benzene rings is 1. The summed E-state index contributed by atoms with van der Waals surface area (Å²) in [5.41, 5.74) is 6.77. The van der Waals surface area contributed by atoms with E-state index in [2.05, 4.69) is 17.2 Å². The molecule has 0 aliphatic heterocycles. The largest absolute Gasteiger partial charge is 0.387 e. The molecule has 0 saturated heterocycles. The second kappa shape index (κ2) is 8.64. The highest BCUT2D eigenvalue weighted by Crippen LogP contribution is 2.06. The molecule has 0 radical (unpaired) electrons. The first-order chi connectivity index (χ1) is 8.72. The van der Waals surface area contributed by atoms with Crippen LogP contribution in [0.5, 0.6) is 0 Å². The third-order valence-electron chi connectivity index (χ3n) is 2.56. The van der Waals surface area contributed by atoms with Gasteiger partial charge in [0.15, 0.2) is 5.11 Å². The van der Waals surface area contributed by atoms with Crippen LogP contribution in [0, 0.1) is 0 Å². The van der Waals surface area contributed by atoms with Gasteiger partial charge < -0.3 is 11.1 Å². The highest BCUT2D eigenvalue weighted by molar-refractivity contribution is 7.80. The summed E-state index contributed by atoms with van der Waals surface area (Å²) in [5, 5.41) is 3.46. The number of amidine groups is 1. The van der Waals surface area contributed by atoms with Crippen molar-refractivity contribution in [2.45, 2.75) is 39.0 Å². The van der Waals surface area contributed by atoms with Gasteiger partial charge in [-0.2, -0.15) is 0 Å². The molecule has 0 saturated carbocycles. The van der Waals surface area contributed by atoms with Crippen molar-refractivity contribution in [3.8, 4) is 0 Å². The van der Waals surface area contributed by atoms with E-state index < -0.39 is 0 Å². The van der Waals surface area contributed by atoms with Crippen LogP contribution in [0.15, 0.2) is 35.3 Å². The molecule has 1 aromatic rings. The molecule has 3 N–H and O–H groups in total. The lowest BCUT2D eigenvalue weighted by Crippen LogP contribution is -2.16. The molecule has 0 aliphatic carbocycles. The number of nitrogens with zero attached hydrogens (tertiary/aromatic N) is 1. The van der Waals surface area contributed by atoms with Crippen molar-refractivity contribution >= 4 is 28.9 Å². The molecule has 0 amide bonds. The highest BCUT2D eigenvalue weighted by Gasteiger charge is 1.98. The van der Waals surface area contributed by atoms with Crippen LogP contribution in [-0.4, -0.2) is 10.9 Å². The number of anilines is 1. The molecule has 0 bridgehead atoms. The fraction of sp³-hybridized carbons (Fsp3) is 0.429. The minimum atomic E-state index is 0.425. The molecular formula is C14H21N3S. The van der Waals surface area contributed by atoms with E-state index in [1.165, 1.54) is 19.3 Å². The second-order valence-corrected chi connectivity index (χ2v) is 4.60. The second-order valence-electron chi connectivity index (χ2n) is 4.21. The van der Waals surface area contributed by atoms with Crippen LogP contribution in [-0.2, 0) is 0 Å². The number of thiocarbonyl (C=S) groups is 1. The molecule has 1 aromatic carbocycles. The molecule has 0 spiro atoms. The number of unbranched alkanes of at least 4 members (excludes halogenated alkanes) is 3. The molecule has 0 atom stereocenters. The van der Waals surface area contributed by atoms with Gasteiger partial charge in [-0.3, -0.25) is 0 Å². The lowest BCUT2D eigenvalue weighted by atomic mass is 10.1. The quantitative estimate of drug-likeness (QED) is 0.356. The molecule has 0 aromatic heterocycles. The van der Waals surface area contributed by atoms with E-state index in [0.29, 0.717) is 10.9 Å². The number of hydrogen-bond acceptors (Lipinski definition) is 1. The number of rotatable bonds is 6. The number of aliphatic imine (C=N–C) groups is 1. The summed E-state index contributed by atoms with van der Waals surface area (Å²) in [6.07, 6.45) is 5.57. The van der Waals surface area contributed by atoms with Crippen molar-refractivity contribution in [2.75, 3.05) is 5.32 Å². The van der Waals surface area contributed by atoms with Crippen LogP contribution >= 0.6 is 12.2 Å². The summed E-state index contributed by atoms with van der Waals surface area (Å²) in [7, 11) is 0. The maximum Gasteiger partial charge on any atom is 0.198 e. The van der Waals surface area contributed by atoms with Crippen LogP contribution in [0.2, 0.25) is 0 Å². The topological polar surface area (TPSA) is 50.4 Å². The first-order valence-corrected chi connectivity index (χ1v) is 6.82. The predicted molar refractivity (Wildman–Crippen MR) is 83.0 cm³/mol. The Morgan fingerprint density at radius 1 is 1.22 bits per heavy atom. The van der Waals surface area contributed by atoms with E-state index in [0.717, 1.165) is 18.5 Å². The van der Waals surface area contributed by atoms with E-state index in [9.17, 15) is 0 Å². The normalized spacial score (nSPS) is 11.3. The molecule has 18 heavy (non-hydrogen) atoms. The van der Waals surface area contributed by atoms with E-state index in [1.807, 2.05) is 30.3 Å². The van der Waals surface area contributed by atoms with E-state index in [4.69, 9.17) is 18.0 Å². The zero-order valence-electron chi connectivity index (χ0n) is 10.9. The standard InChI is InChI=1S/C14H21N3S/c1-2-3-4-8-11-13(15)17-14(18)16-12-9-6-5-7-10-12/h5-7,9-10H,2-4,8,11H2,1H3,(H3,15,16,17,18). The molecule has 0 aliphatic rings. The van der Waals surface area contributed by atoms with Gasteiger partial charge in [0.05, 0.1) is 0 Å². The monoisotopic (exact) mass is 263 g/mol. The SMILES string of the molecule is CCCCCCC(N)=NC(=S)Nc1ccccc1. The zero-order chi connectivity index (χ0) is 13.2. The highest BCUT2D eigenvalue weighted by atomic mass is 32.1. The maximum atomic E-state index is 5.83. The Morgan fingerprint density at radius 3 is 2.61 bits per heavy atom. The first-order valence-electron chi connectivity index (χ1n) is 6.41. The van der Waals surface area contributed by atoms with E-state index in [-0.39, 0.29) is 0 Å². The summed E-state index contributed by atoms with van der Waals surface area (Å²) in [6, 6.07) is 9.74. The molecule has 1 rings (SSSR count). The molecule has 0 fully saturated rings. The third kappa shape index (κ3) is 6.35. The molecule has 4 heteroatoms. The molecular weight excluding hydrogens is 242 g/mol. The zero-order valence-corrected chi connectivity index (χ0v) is 11.7. The number of para-hydroxylation sites is 1. The Hall–Kier alpha value is -1.42. The Morgan fingerprint density at radius 2 is 1.94 bits per heavy atom. The lowest BCUT2D eigenvalue weighted by molar-refractivity contribution is 0.682. The van der Waals surface area contributed by atoms with Crippen LogP contribution < -0.4 is 11.1 Å². The van der Waals surface area contributed by atoms with Gasteiger partial charge in [0, 0.05) is 12.1 Å². The smallest absolute Gasteiger partial charge is 0.198 e. The van der Waals surface area contributed by atoms with Crippen molar-refractivity contribution in [3.05, 3.63) is 30.3 Å². The summed E-state index contributed by atoms with van der Waals surface area (Å²) >= 11 is 5.14. The van der Waals surface area contributed by atoms with Gasteiger partial charge in [0.1, 0.15) is 5.84 Å². The minimum Gasteiger partial charge on any atom is -0.387 e. The fourth-order valence-corrected chi connectivity index (χ4v) is 1.83. The van der Waals surface area contributed by atoms with Gasteiger partial charge >= 0.3 is 0 Å². The van der Waals surface area contributed by atoms with Gasteiger partial charge in [0.2, 0.25) is 0 Å². The van der Waals surface area contributed by atoms with Gasteiger partial charge in [-0.1, -0.05) is 44.4 Å². The first kappa shape index (κ1) is 14.6. The average molecular weight is 263 g/mol. The third-order valence-corrected chi connectivity index (χ3v) is 2.75. The van der Waals surface area contributed by atoms with Crippen LogP contribution in [0.1, 0.15) is 39.0 Å². The van der Waals surface area contributed by atoms with Crippen molar-refractivity contribution in [1.29, 1.82) is 0 Å². The minimum absolute atomic E-state index is 0.425. The Kier molecular flexibility index (Phi) is 7.03. The van der Waals surface area contributed by atoms with Crippen LogP contribution in [0.4, 0.5) is 5.69 Å².